The van der Waals surface area contributed by atoms with Gasteiger partial charge in [-0.2, -0.15) is 13.2 Å². The number of carbonyl (C=O) groups is 1. The molecule has 1 saturated heterocycles. The fraction of sp³-hybridized carbons (Fsp3) is 0.909. The van der Waals surface area contributed by atoms with Crippen LogP contribution in [0.15, 0.2) is 0 Å². The smallest absolute Gasteiger partial charge is 0.411 e. The van der Waals surface area contributed by atoms with Gasteiger partial charge in [-0.05, 0) is 38.8 Å². The molecule has 0 aromatic heterocycles. The molecule has 106 valence electrons. The zero-order chi connectivity index (χ0) is 13.6. The maximum absolute atomic E-state index is 11.8. The molecule has 7 heteroatoms. The SMILES string of the molecule is O=C(O)C1(CCCOCC(F)(F)F)CCNCC1. The third-order valence-electron chi connectivity index (χ3n) is 3.22. The molecule has 1 heterocycles. The summed E-state index contributed by atoms with van der Waals surface area (Å²) in [6, 6.07) is 0. The largest absolute Gasteiger partial charge is 0.481 e. The first kappa shape index (κ1) is 15.2. The van der Waals surface area contributed by atoms with Crippen LogP contribution in [0.1, 0.15) is 25.7 Å². The molecule has 0 unspecified atom stereocenters. The molecule has 2 N–H and O–H groups in total. The normalized spacial score (nSPS) is 19.7. The molecule has 0 saturated carbocycles. The summed E-state index contributed by atoms with van der Waals surface area (Å²) in [7, 11) is 0. The van der Waals surface area contributed by atoms with Crippen molar-refractivity contribution in [3.8, 4) is 0 Å². The Balaban J connectivity index is 2.28. The van der Waals surface area contributed by atoms with Crippen LogP contribution in [-0.4, -0.2) is 43.6 Å². The summed E-state index contributed by atoms with van der Waals surface area (Å²) in [6.45, 7) is -0.0536. The van der Waals surface area contributed by atoms with Crippen molar-refractivity contribution in [2.75, 3.05) is 26.3 Å². The molecule has 0 radical (unpaired) electrons. The number of hydrogen-bond acceptors (Lipinski definition) is 3. The Morgan fingerprint density at radius 1 is 1.33 bits per heavy atom. The van der Waals surface area contributed by atoms with Gasteiger partial charge in [0.15, 0.2) is 0 Å². The Morgan fingerprint density at radius 2 is 1.94 bits per heavy atom. The first-order valence-corrected chi connectivity index (χ1v) is 5.94. The van der Waals surface area contributed by atoms with Crippen LogP contribution in [0.25, 0.3) is 0 Å². The summed E-state index contributed by atoms with van der Waals surface area (Å²) >= 11 is 0. The van der Waals surface area contributed by atoms with Gasteiger partial charge < -0.3 is 15.2 Å². The molecule has 0 amide bonds. The van der Waals surface area contributed by atoms with Crippen LogP contribution in [0.3, 0.4) is 0 Å². The zero-order valence-corrected chi connectivity index (χ0v) is 10.1. The highest BCUT2D eigenvalue weighted by molar-refractivity contribution is 5.74. The molecule has 1 aliphatic heterocycles. The Kier molecular flexibility index (Phi) is 5.40. The van der Waals surface area contributed by atoms with E-state index >= 15 is 0 Å². The van der Waals surface area contributed by atoms with E-state index in [1.807, 2.05) is 0 Å². The van der Waals surface area contributed by atoms with Gasteiger partial charge in [0.05, 0.1) is 5.41 Å². The number of ether oxygens (including phenoxy) is 1. The van der Waals surface area contributed by atoms with Crippen LogP contribution < -0.4 is 5.32 Å². The lowest BCUT2D eigenvalue weighted by Gasteiger charge is -2.33. The van der Waals surface area contributed by atoms with Gasteiger partial charge in [-0.15, -0.1) is 0 Å². The van der Waals surface area contributed by atoms with E-state index < -0.39 is 24.2 Å². The van der Waals surface area contributed by atoms with E-state index in [1.54, 1.807) is 0 Å². The van der Waals surface area contributed by atoms with Gasteiger partial charge in [0.2, 0.25) is 0 Å². The number of carboxylic acid groups (broad SMARTS) is 1. The number of aliphatic carboxylic acids is 1. The highest BCUT2D eigenvalue weighted by Crippen LogP contribution is 2.34. The maximum Gasteiger partial charge on any atom is 0.411 e. The lowest BCUT2D eigenvalue weighted by Crippen LogP contribution is -2.42. The van der Waals surface area contributed by atoms with E-state index in [0.717, 1.165) is 0 Å². The summed E-state index contributed by atoms with van der Waals surface area (Å²) in [6.07, 6.45) is -2.59. The molecule has 0 atom stereocenters. The van der Waals surface area contributed by atoms with Gasteiger partial charge in [-0.3, -0.25) is 4.79 Å². The third kappa shape index (κ3) is 4.81. The molecule has 0 aromatic carbocycles. The first-order chi connectivity index (χ1) is 8.36. The number of piperidine rings is 1. The minimum absolute atomic E-state index is 0.0536. The van der Waals surface area contributed by atoms with Crippen molar-refractivity contribution in [1.29, 1.82) is 0 Å². The molecule has 1 aliphatic rings. The molecule has 4 nitrogen and oxygen atoms in total. The summed E-state index contributed by atoms with van der Waals surface area (Å²) in [5, 5.41) is 12.3. The average Bonchev–Trinajstić information content (AvgIpc) is 2.28. The van der Waals surface area contributed by atoms with Gasteiger partial charge in [-0.1, -0.05) is 0 Å². The van der Waals surface area contributed by atoms with Gasteiger partial charge in [0.1, 0.15) is 6.61 Å². The predicted octanol–water partition coefficient (Wildman–Crippen LogP) is 1.80. The highest BCUT2D eigenvalue weighted by atomic mass is 19.4. The van der Waals surface area contributed by atoms with Crippen LogP contribution in [0.2, 0.25) is 0 Å². The van der Waals surface area contributed by atoms with Crippen molar-refractivity contribution in [1.82, 2.24) is 5.32 Å². The lowest BCUT2D eigenvalue weighted by molar-refractivity contribution is -0.175. The second-order valence-corrected chi connectivity index (χ2v) is 4.61. The molecule has 0 spiro atoms. The highest BCUT2D eigenvalue weighted by Gasteiger charge is 2.39. The summed E-state index contributed by atoms with van der Waals surface area (Å²) in [4.78, 5) is 11.3. The number of alkyl halides is 3. The maximum atomic E-state index is 11.8. The van der Waals surface area contributed by atoms with Crippen LogP contribution in [0.4, 0.5) is 13.2 Å². The Hall–Kier alpha value is -0.820. The van der Waals surface area contributed by atoms with Crippen LogP contribution in [-0.2, 0) is 9.53 Å². The quantitative estimate of drug-likeness (QED) is 0.722. The third-order valence-corrected chi connectivity index (χ3v) is 3.22. The summed E-state index contributed by atoms with van der Waals surface area (Å²) < 4.78 is 39.9. The van der Waals surface area contributed by atoms with E-state index in [1.165, 1.54) is 0 Å². The number of hydrogen-bond donors (Lipinski definition) is 2. The van der Waals surface area contributed by atoms with Crippen LogP contribution in [0.5, 0.6) is 0 Å². The predicted molar refractivity (Wildman–Crippen MR) is 58.3 cm³/mol. The minimum Gasteiger partial charge on any atom is -0.481 e. The Bertz CT molecular complexity index is 275. The molecule has 1 fully saturated rings. The molecular weight excluding hydrogens is 251 g/mol. The van der Waals surface area contributed by atoms with E-state index in [9.17, 15) is 23.1 Å². The van der Waals surface area contributed by atoms with Gasteiger partial charge in [0, 0.05) is 6.61 Å². The molecule has 1 rings (SSSR count). The van der Waals surface area contributed by atoms with Crippen LogP contribution >= 0.6 is 0 Å². The molecule has 0 bridgehead atoms. The van der Waals surface area contributed by atoms with Crippen molar-refractivity contribution in [3.05, 3.63) is 0 Å². The topological polar surface area (TPSA) is 58.6 Å². The number of carboxylic acids is 1. The van der Waals surface area contributed by atoms with Crippen molar-refractivity contribution in [3.63, 3.8) is 0 Å². The molecule has 0 aromatic rings. The van der Waals surface area contributed by atoms with Gasteiger partial charge >= 0.3 is 12.1 Å². The number of rotatable bonds is 6. The Labute approximate surface area is 103 Å². The van der Waals surface area contributed by atoms with Crippen molar-refractivity contribution >= 4 is 5.97 Å². The van der Waals surface area contributed by atoms with Crippen molar-refractivity contribution in [2.45, 2.75) is 31.9 Å². The molecule has 18 heavy (non-hydrogen) atoms. The van der Waals surface area contributed by atoms with E-state index in [2.05, 4.69) is 10.1 Å². The lowest BCUT2D eigenvalue weighted by atomic mass is 9.75. The second kappa shape index (κ2) is 6.38. The summed E-state index contributed by atoms with van der Waals surface area (Å²) in [5.74, 6) is -0.861. The molecular formula is C11H18F3NO3. The zero-order valence-electron chi connectivity index (χ0n) is 10.1. The van der Waals surface area contributed by atoms with Crippen LogP contribution in [0, 0.1) is 5.41 Å². The summed E-state index contributed by atoms with van der Waals surface area (Å²) in [5.41, 5.74) is -0.799. The fourth-order valence-electron chi connectivity index (χ4n) is 2.18. The average molecular weight is 269 g/mol. The first-order valence-electron chi connectivity index (χ1n) is 5.94. The standard InChI is InChI=1S/C11H18F3NO3/c12-11(13,14)8-18-7-1-2-10(9(16)17)3-5-15-6-4-10/h15H,1-8H2,(H,16,17). The van der Waals surface area contributed by atoms with Crippen molar-refractivity contribution < 1.29 is 27.8 Å². The Morgan fingerprint density at radius 3 is 2.44 bits per heavy atom. The number of nitrogens with one attached hydrogen (secondary N) is 1. The fourth-order valence-corrected chi connectivity index (χ4v) is 2.18. The number of halogens is 3. The van der Waals surface area contributed by atoms with E-state index in [4.69, 9.17) is 0 Å². The minimum atomic E-state index is -4.32. The van der Waals surface area contributed by atoms with E-state index in [0.29, 0.717) is 38.8 Å². The second-order valence-electron chi connectivity index (χ2n) is 4.61. The van der Waals surface area contributed by atoms with Gasteiger partial charge in [0.25, 0.3) is 0 Å². The molecule has 0 aliphatic carbocycles. The van der Waals surface area contributed by atoms with Crippen molar-refractivity contribution in [2.24, 2.45) is 5.41 Å². The van der Waals surface area contributed by atoms with E-state index in [-0.39, 0.29) is 6.61 Å². The van der Waals surface area contributed by atoms with Gasteiger partial charge in [-0.25, -0.2) is 0 Å². The monoisotopic (exact) mass is 269 g/mol.